The summed E-state index contributed by atoms with van der Waals surface area (Å²) in [7, 11) is 2.63. The molecule has 0 amide bonds. The van der Waals surface area contributed by atoms with E-state index in [9.17, 15) is 9.90 Å². The van der Waals surface area contributed by atoms with Crippen molar-refractivity contribution in [2.75, 3.05) is 6.61 Å². The SMILES string of the molecule is CC.CCOc1ccc(CC(O)C(=O)O)cc1-c1ccc(P)cc1.Oc1ccc(-c2ccccc2)cc1. The summed E-state index contributed by atoms with van der Waals surface area (Å²) in [6, 6.07) is 30.7. The monoisotopic (exact) mass is 518 g/mol. The number of aliphatic carboxylic acids is 1. The third-order valence-corrected chi connectivity index (χ3v) is 5.64. The van der Waals surface area contributed by atoms with E-state index in [1.54, 1.807) is 18.2 Å². The third-order valence-electron chi connectivity index (χ3n) is 5.25. The minimum absolute atomic E-state index is 0.0659. The van der Waals surface area contributed by atoms with Gasteiger partial charge in [-0.2, -0.15) is 0 Å². The Morgan fingerprint density at radius 1 is 0.838 bits per heavy atom. The first-order chi connectivity index (χ1) is 17.9. The highest BCUT2D eigenvalue weighted by molar-refractivity contribution is 7.27. The number of carbonyl (C=O) groups is 1. The maximum absolute atomic E-state index is 10.8. The second-order valence-electron chi connectivity index (χ2n) is 7.86. The minimum atomic E-state index is -1.40. The van der Waals surface area contributed by atoms with E-state index in [1.807, 2.05) is 99.6 Å². The molecule has 0 aliphatic rings. The number of phenolic OH excluding ortho intramolecular Hbond substituents is 1. The van der Waals surface area contributed by atoms with Crippen LogP contribution in [0.1, 0.15) is 26.3 Å². The van der Waals surface area contributed by atoms with E-state index in [1.165, 1.54) is 5.56 Å². The first-order valence-electron chi connectivity index (χ1n) is 12.2. The Morgan fingerprint density at radius 3 is 1.97 bits per heavy atom. The number of rotatable bonds is 7. The molecule has 2 unspecified atom stereocenters. The molecule has 4 rings (SSSR count). The van der Waals surface area contributed by atoms with Crippen molar-refractivity contribution in [2.45, 2.75) is 33.3 Å². The molecule has 0 aliphatic heterocycles. The smallest absolute Gasteiger partial charge is 0.332 e. The predicted molar refractivity (Wildman–Crippen MR) is 155 cm³/mol. The number of phenols is 1. The molecule has 0 saturated heterocycles. The Kier molecular flexibility index (Phi) is 12.3. The van der Waals surface area contributed by atoms with Gasteiger partial charge in [0.2, 0.25) is 0 Å². The zero-order valence-corrected chi connectivity index (χ0v) is 22.6. The summed E-state index contributed by atoms with van der Waals surface area (Å²) < 4.78 is 5.65. The normalized spacial score (nSPS) is 10.7. The summed E-state index contributed by atoms with van der Waals surface area (Å²) in [5.74, 6) is -0.171. The molecule has 2 atom stereocenters. The van der Waals surface area contributed by atoms with E-state index in [-0.39, 0.29) is 6.42 Å². The highest BCUT2D eigenvalue weighted by Gasteiger charge is 2.15. The second-order valence-corrected chi connectivity index (χ2v) is 8.52. The maximum atomic E-state index is 10.8. The van der Waals surface area contributed by atoms with Gasteiger partial charge < -0.3 is 20.1 Å². The van der Waals surface area contributed by atoms with Crippen LogP contribution in [0.15, 0.2) is 97.1 Å². The van der Waals surface area contributed by atoms with Crippen LogP contribution in [0.3, 0.4) is 0 Å². The van der Waals surface area contributed by atoms with E-state index < -0.39 is 12.1 Å². The van der Waals surface area contributed by atoms with Crippen molar-refractivity contribution in [2.24, 2.45) is 0 Å². The number of hydrogen-bond acceptors (Lipinski definition) is 4. The van der Waals surface area contributed by atoms with Crippen molar-refractivity contribution in [1.82, 2.24) is 0 Å². The number of aromatic hydroxyl groups is 1. The van der Waals surface area contributed by atoms with E-state index >= 15 is 0 Å². The van der Waals surface area contributed by atoms with Gasteiger partial charge in [-0.05, 0) is 58.7 Å². The molecule has 0 fully saturated rings. The number of hydrogen-bond donors (Lipinski definition) is 3. The molecular formula is C31H35O5P. The fourth-order valence-corrected chi connectivity index (χ4v) is 3.66. The summed E-state index contributed by atoms with van der Waals surface area (Å²) >= 11 is 0. The standard InChI is InChI=1S/C17H19O4P.C12H10O.C2H6/c1-2-21-16-8-3-11(10-15(18)17(19)20)9-14(16)12-4-6-13(22)7-5-12;13-12-8-6-11(7-9-12)10-4-2-1-3-5-10;1-2/h3-9,15,18H,2,10,22H2,1H3,(H,19,20);1-9,13H;1-2H3. The Morgan fingerprint density at radius 2 is 1.41 bits per heavy atom. The molecule has 0 saturated carbocycles. The molecule has 0 spiro atoms. The molecule has 0 aromatic heterocycles. The summed E-state index contributed by atoms with van der Waals surface area (Å²) in [5, 5.41) is 28.5. The predicted octanol–water partition coefficient (Wildman–Crippen LogP) is 6.33. The molecule has 3 N–H and O–H groups in total. The number of ether oxygens (including phenoxy) is 1. The van der Waals surface area contributed by atoms with Crippen molar-refractivity contribution in [3.05, 3.63) is 103 Å². The quantitative estimate of drug-likeness (QED) is 0.249. The van der Waals surface area contributed by atoms with Gasteiger partial charge in [0.1, 0.15) is 11.5 Å². The molecule has 0 heterocycles. The fourth-order valence-electron chi connectivity index (χ4n) is 3.47. The van der Waals surface area contributed by atoms with Crippen LogP contribution >= 0.6 is 9.24 Å². The lowest BCUT2D eigenvalue weighted by molar-refractivity contribution is -0.146. The number of benzene rings is 4. The van der Waals surface area contributed by atoms with Gasteiger partial charge in [-0.25, -0.2) is 4.79 Å². The number of aliphatic hydroxyl groups is 1. The maximum Gasteiger partial charge on any atom is 0.332 e. The molecule has 0 radical (unpaired) electrons. The van der Waals surface area contributed by atoms with E-state index in [0.717, 1.165) is 33.3 Å². The lowest BCUT2D eigenvalue weighted by Gasteiger charge is -2.13. The van der Waals surface area contributed by atoms with Crippen molar-refractivity contribution < 1.29 is 24.9 Å². The van der Waals surface area contributed by atoms with Gasteiger partial charge in [0, 0.05) is 12.0 Å². The van der Waals surface area contributed by atoms with E-state index in [4.69, 9.17) is 14.9 Å². The highest BCUT2D eigenvalue weighted by atomic mass is 31.0. The minimum Gasteiger partial charge on any atom is -0.508 e. The molecule has 4 aromatic rings. The van der Waals surface area contributed by atoms with Gasteiger partial charge >= 0.3 is 5.97 Å². The second kappa shape index (κ2) is 15.5. The molecule has 194 valence electrons. The van der Waals surface area contributed by atoms with Crippen LogP contribution in [0.25, 0.3) is 22.3 Å². The molecule has 0 bridgehead atoms. The lowest BCUT2D eigenvalue weighted by Crippen LogP contribution is -2.21. The fraction of sp³-hybridized carbons (Fsp3) is 0.194. The number of aliphatic hydroxyl groups excluding tert-OH is 1. The molecule has 0 aliphatic carbocycles. The van der Waals surface area contributed by atoms with E-state index in [0.29, 0.717) is 12.4 Å². The topological polar surface area (TPSA) is 87.0 Å². The summed E-state index contributed by atoms with van der Waals surface area (Å²) in [6.07, 6.45) is -1.34. The molecule has 37 heavy (non-hydrogen) atoms. The van der Waals surface area contributed by atoms with Crippen LogP contribution in [0.4, 0.5) is 0 Å². The highest BCUT2D eigenvalue weighted by Crippen LogP contribution is 2.31. The zero-order valence-electron chi connectivity index (χ0n) is 21.5. The van der Waals surface area contributed by atoms with Gasteiger partial charge in [-0.1, -0.05) is 86.6 Å². The molecular weight excluding hydrogens is 483 g/mol. The van der Waals surface area contributed by atoms with Crippen molar-refractivity contribution >= 4 is 20.5 Å². The van der Waals surface area contributed by atoms with Crippen LogP contribution in [0.5, 0.6) is 11.5 Å². The Balaban J connectivity index is 0.000000272. The van der Waals surface area contributed by atoms with Gasteiger partial charge in [0.05, 0.1) is 6.61 Å². The average molecular weight is 519 g/mol. The van der Waals surface area contributed by atoms with Gasteiger partial charge in [0.25, 0.3) is 0 Å². The first kappa shape index (κ1) is 29.6. The number of carboxylic acid groups (broad SMARTS) is 1. The summed E-state index contributed by atoms with van der Waals surface area (Å²) in [4.78, 5) is 10.8. The first-order valence-corrected chi connectivity index (χ1v) is 12.8. The third kappa shape index (κ3) is 9.38. The van der Waals surface area contributed by atoms with E-state index in [2.05, 4.69) is 9.24 Å². The summed E-state index contributed by atoms with van der Waals surface area (Å²) in [6.45, 7) is 6.46. The van der Waals surface area contributed by atoms with Gasteiger partial charge in [-0.15, -0.1) is 9.24 Å². The van der Waals surface area contributed by atoms with Crippen molar-refractivity contribution in [3.8, 4) is 33.8 Å². The summed E-state index contributed by atoms with van der Waals surface area (Å²) in [5.41, 5.74) is 4.92. The molecule has 4 aromatic carbocycles. The van der Waals surface area contributed by atoms with Crippen LogP contribution < -0.4 is 10.0 Å². The lowest BCUT2D eigenvalue weighted by atomic mass is 9.99. The molecule has 5 nitrogen and oxygen atoms in total. The Hall–Kier alpha value is -3.66. The molecule has 6 heteroatoms. The van der Waals surface area contributed by atoms with Gasteiger partial charge in [0.15, 0.2) is 6.10 Å². The zero-order chi connectivity index (χ0) is 27.2. The van der Waals surface area contributed by atoms with Crippen LogP contribution in [0.2, 0.25) is 0 Å². The number of carboxylic acids is 1. The van der Waals surface area contributed by atoms with Crippen molar-refractivity contribution in [3.63, 3.8) is 0 Å². The largest absolute Gasteiger partial charge is 0.508 e. The Bertz CT molecular complexity index is 1220. The van der Waals surface area contributed by atoms with Crippen LogP contribution in [-0.2, 0) is 11.2 Å². The van der Waals surface area contributed by atoms with Crippen LogP contribution in [-0.4, -0.2) is 34.0 Å². The van der Waals surface area contributed by atoms with Gasteiger partial charge in [-0.3, -0.25) is 0 Å². The average Bonchev–Trinajstić information content (AvgIpc) is 2.92. The Labute approximate surface area is 221 Å². The van der Waals surface area contributed by atoms with Crippen molar-refractivity contribution in [1.29, 1.82) is 0 Å². The van der Waals surface area contributed by atoms with Crippen LogP contribution in [0, 0.1) is 0 Å².